The number of fused-ring (bicyclic) bond motifs is 9. The lowest BCUT2D eigenvalue weighted by molar-refractivity contribution is 0.660. The molecule has 0 amide bonds. The summed E-state index contributed by atoms with van der Waals surface area (Å²) in [4.78, 5) is 0. The van der Waals surface area contributed by atoms with Crippen LogP contribution in [0.5, 0.6) is 0 Å². The molecule has 2 heteroatoms. The molecule has 1 aliphatic rings. The first-order chi connectivity index (χ1) is 26.0. The molecule has 2 heterocycles. The normalized spacial score (nSPS) is 13.2. The predicted molar refractivity (Wildman–Crippen MR) is 224 cm³/mol. The highest BCUT2D eigenvalue weighted by atomic mass is 15.0. The first-order valence-electron chi connectivity index (χ1n) is 18.5. The Morgan fingerprint density at radius 3 is 1.38 bits per heavy atom. The number of hydrogen-bond donors (Lipinski definition) is 0. The van der Waals surface area contributed by atoms with Gasteiger partial charge in [0.15, 0.2) is 0 Å². The van der Waals surface area contributed by atoms with Crippen LogP contribution in [0, 0.1) is 0 Å². The van der Waals surface area contributed by atoms with E-state index in [2.05, 4.69) is 205 Å². The van der Waals surface area contributed by atoms with Crippen LogP contribution in [0.25, 0.3) is 88.4 Å². The minimum Gasteiger partial charge on any atom is -0.309 e. The van der Waals surface area contributed by atoms with Crippen LogP contribution in [0.15, 0.2) is 182 Å². The predicted octanol–water partition coefficient (Wildman–Crippen LogP) is 13.5. The summed E-state index contributed by atoms with van der Waals surface area (Å²) in [5.41, 5.74) is 17.6. The number of benzene rings is 8. The fourth-order valence-corrected chi connectivity index (χ4v) is 9.11. The van der Waals surface area contributed by atoms with Crippen molar-refractivity contribution in [3.8, 4) is 44.8 Å². The SMILES string of the molecule is CC1(C)c2ccccc2-c2ccc(-c3ccc(-n4c5ccccc5c5cc6c(cc54)c4ccccc4n6-c4ccc(-c5ccccc5)cc4)cc3)cc21. The van der Waals surface area contributed by atoms with Crippen molar-refractivity contribution in [2.45, 2.75) is 19.3 Å². The summed E-state index contributed by atoms with van der Waals surface area (Å²) in [6.07, 6.45) is 0. The highest BCUT2D eigenvalue weighted by molar-refractivity contribution is 6.19. The third-order valence-corrected chi connectivity index (χ3v) is 11.7. The summed E-state index contributed by atoms with van der Waals surface area (Å²) in [7, 11) is 0. The molecule has 53 heavy (non-hydrogen) atoms. The molecular weight excluding hydrogens is 641 g/mol. The molecule has 8 aromatic carbocycles. The van der Waals surface area contributed by atoms with Crippen LogP contribution in [0.1, 0.15) is 25.0 Å². The van der Waals surface area contributed by atoms with Gasteiger partial charge in [0.05, 0.1) is 22.1 Å². The number of para-hydroxylation sites is 2. The van der Waals surface area contributed by atoms with Crippen LogP contribution in [0.2, 0.25) is 0 Å². The monoisotopic (exact) mass is 676 g/mol. The summed E-state index contributed by atoms with van der Waals surface area (Å²) >= 11 is 0. The van der Waals surface area contributed by atoms with E-state index in [4.69, 9.17) is 0 Å². The lowest BCUT2D eigenvalue weighted by atomic mass is 9.81. The third kappa shape index (κ3) is 4.39. The van der Waals surface area contributed by atoms with Crippen molar-refractivity contribution in [2.75, 3.05) is 0 Å². The molecule has 1 aliphatic carbocycles. The topological polar surface area (TPSA) is 9.86 Å². The average Bonchev–Trinajstić information content (AvgIpc) is 3.80. The smallest absolute Gasteiger partial charge is 0.0548 e. The van der Waals surface area contributed by atoms with Crippen molar-refractivity contribution in [1.29, 1.82) is 0 Å². The van der Waals surface area contributed by atoms with E-state index < -0.39 is 0 Å². The molecule has 2 nitrogen and oxygen atoms in total. The summed E-state index contributed by atoms with van der Waals surface area (Å²) in [5, 5.41) is 5.01. The first-order valence-corrected chi connectivity index (χ1v) is 18.5. The van der Waals surface area contributed by atoms with Gasteiger partial charge in [0, 0.05) is 38.3 Å². The Morgan fingerprint density at radius 2 is 0.774 bits per heavy atom. The number of aromatic nitrogens is 2. The Balaban J connectivity index is 1.05. The highest BCUT2D eigenvalue weighted by Crippen LogP contribution is 2.49. The second-order valence-corrected chi connectivity index (χ2v) is 15.0. The van der Waals surface area contributed by atoms with Crippen molar-refractivity contribution in [1.82, 2.24) is 9.13 Å². The largest absolute Gasteiger partial charge is 0.309 e. The standard InChI is InChI=1S/C51H36N2/c1-51(2)45-17-9-6-14-39(45)40-29-24-36(30-46(40)51)35-22-27-38(28-23-35)53-48-19-11-8-16-42(48)44-31-49-43(32-50(44)53)41-15-7-10-18-47(41)52(49)37-25-20-34(21-26-37)33-12-4-3-5-13-33/h3-32H,1-2H3. The van der Waals surface area contributed by atoms with Crippen LogP contribution >= 0.6 is 0 Å². The van der Waals surface area contributed by atoms with Gasteiger partial charge in [0.1, 0.15) is 0 Å². The van der Waals surface area contributed by atoms with Gasteiger partial charge in [-0.05, 0) is 99.1 Å². The first kappa shape index (κ1) is 30.0. The minimum absolute atomic E-state index is 0.0229. The van der Waals surface area contributed by atoms with E-state index in [9.17, 15) is 0 Å². The lowest BCUT2D eigenvalue weighted by Crippen LogP contribution is -2.14. The Morgan fingerprint density at radius 1 is 0.321 bits per heavy atom. The molecule has 0 radical (unpaired) electrons. The molecule has 0 saturated heterocycles. The number of rotatable bonds is 4. The molecule has 11 rings (SSSR count). The molecule has 0 N–H and O–H groups in total. The molecule has 0 atom stereocenters. The van der Waals surface area contributed by atoms with Gasteiger partial charge in [0.2, 0.25) is 0 Å². The van der Waals surface area contributed by atoms with Gasteiger partial charge in [0.25, 0.3) is 0 Å². The van der Waals surface area contributed by atoms with Crippen LogP contribution in [0.3, 0.4) is 0 Å². The Bertz CT molecular complexity index is 3050. The second kappa shape index (κ2) is 11.2. The molecule has 250 valence electrons. The van der Waals surface area contributed by atoms with Crippen molar-refractivity contribution in [3.63, 3.8) is 0 Å². The van der Waals surface area contributed by atoms with Crippen LogP contribution < -0.4 is 0 Å². The van der Waals surface area contributed by atoms with E-state index in [1.54, 1.807) is 0 Å². The van der Waals surface area contributed by atoms with Gasteiger partial charge >= 0.3 is 0 Å². The van der Waals surface area contributed by atoms with Gasteiger partial charge in [-0.15, -0.1) is 0 Å². The van der Waals surface area contributed by atoms with E-state index in [-0.39, 0.29) is 5.41 Å². The van der Waals surface area contributed by atoms with E-state index in [1.807, 2.05) is 0 Å². The van der Waals surface area contributed by atoms with Gasteiger partial charge in [-0.1, -0.05) is 141 Å². The summed E-state index contributed by atoms with van der Waals surface area (Å²) in [5.74, 6) is 0. The summed E-state index contributed by atoms with van der Waals surface area (Å²) in [6.45, 7) is 4.70. The zero-order valence-corrected chi connectivity index (χ0v) is 29.7. The lowest BCUT2D eigenvalue weighted by Gasteiger charge is -2.22. The van der Waals surface area contributed by atoms with E-state index >= 15 is 0 Å². The van der Waals surface area contributed by atoms with Crippen molar-refractivity contribution in [3.05, 3.63) is 193 Å². The van der Waals surface area contributed by atoms with Crippen molar-refractivity contribution >= 4 is 43.6 Å². The van der Waals surface area contributed by atoms with Gasteiger partial charge in [-0.2, -0.15) is 0 Å². The number of nitrogens with zero attached hydrogens (tertiary/aromatic N) is 2. The molecule has 0 fully saturated rings. The van der Waals surface area contributed by atoms with E-state index in [0.717, 1.165) is 11.4 Å². The number of hydrogen-bond acceptors (Lipinski definition) is 0. The molecule has 0 spiro atoms. The molecule has 2 aromatic heterocycles. The third-order valence-electron chi connectivity index (χ3n) is 11.7. The van der Waals surface area contributed by atoms with Gasteiger partial charge in [-0.25, -0.2) is 0 Å². The van der Waals surface area contributed by atoms with Crippen LogP contribution in [-0.2, 0) is 5.41 Å². The summed E-state index contributed by atoms with van der Waals surface area (Å²) in [6, 6.07) is 67.1. The van der Waals surface area contributed by atoms with Crippen LogP contribution in [-0.4, -0.2) is 9.13 Å². The molecule has 0 unspecified atom stereocenters. The van der Waals surface area contributed by atoms with Gasteiger partial charge in [-0.3, -0.25) is 0 Å². The highest BCUT2D eigenvalue weighted by Gasteiger charge is 2.35. The van der Waals surface area contributed by atoms with Crippen molar-refractivity contribution < 1.29 is 0 Å². The fourth-order valence-electron chi connectivity index (χ4n) is 9.11. The fraction of sp³-hybridized carbons (Fsp3) is 0.0588. The van der Waals surface area contributed by atoms with Gasteiger partial charge < -0.3 is 9.13 Å². The Labute approximate surface area is 308 Å². The Kier molecular flexibility index (Phi) is 6.33. The minimum atomic E-state index is -0.0229. The maximum Gasteiger partial charge on any atom is 0.0548 e. The summed E-state index contributed by atoms with van der Waals surface area (Å²) < 4.78 is 4.87. The van der Waals surface area contributed by atoms with Crippen molar-refractivity contribution in [2.24, 2.45) is 0 Å². The molecule has 0 bridgehead atoms. The quantitative estimate of drug-likeness (QED) is 0.176. The Hall–Kier alpha value is -6.64. The van der Waals surface area contributed by atoms with E-state index in [0.29, 0.717) is 0 Å². The molecular formula is C51H36N2. The average molecular weight is 677 g/mol. The maximum atomic E-state index is 2.44. The maximum absolute atomic E-state index is 2.44. The molecule has 0 aliphatic heterocycles. The molecule has 10 aromatic rings. The zero-order chi connectivity index (χ0) is 35.3. The second-order valence-electron chi connectivity index (χ2n) is 15.0. The molecule has 0 saturated carbocycles. The van der Waals surface area contributed by atoms with Crippen LogP contribution in [0.4, 0.5) is 0 Å². The van der Waals surface area contributed by atoms with E-state index in [1.165, 1.54) is 88.1 Å². The zero-order valence-electron chi connectivity index (χ0n) is 29.7.